The molecule has 42 heavy (non-hydrogen) atoms. The topological polar surface area (TPSA) is 147 Å². The molecule has 0 aliphatic carbocycles. The van der Waals surface area contributed by atoms with Crippen molar-refractivity contribution in [1.82, 2.24) is 9.88 Å². The van der Waals surface area contributed by atoms with Crippen LogP contribution in [0.15, 0.2) is 47.6 Å². The van der Waals surface area contributed by atoms with Crippen LogP contribution in [0, 0.1) is 17.0 Å². The fraction of sp³-hybridized carbons (Fsp3) is 0.310. The van der Waals surface area contributed by atoms with Gasteiger partial charge >= 0.3 is 5.97 Å². The minimum atomic E-state index is -1.26. The first kappa shape index (κ1) is 30.0. The number of likely N-dealkylation sites (N-methyl/N-ethyl adjacent to an activating group) is 2. The molecule has 0 saturated carbocycles. The van der Waals surface area contributed by atoms with Crippen LogP contribution in [0.2, 0.25) is 0 Å². The molecule has 0 spiro atoms. The van der Waals surface area contributed by atoms with E-state index in [1.54, 1.807) is 44.9 Å². The summed E-state index contributed by atoms with van der Waals surface area (Å²) in [5.41, 5.74) is 5.72. The molecule has 1 aliphatic rings. The number of ether oxygens (including phenoxy) is 3. The van der Waals surface area contributed by atoms with Crippen LogP contribution in [0.25, 0.3) is 0 Å². The Morgan fingerprint density at radius 3 is 2.57 bits per heavy atom. The molecule has 0 fully saturated rings. The summed E-state index contributed by atoms with van der Waals surface area (Å²) in [7, 11) is 3.56. The third-order valence-corrected chi connectivity index (χ3v) is 6.85. The maximum absolute atomic E-state index is 15.6. The molecule has 2 aromatic carbocycles. The summed E-state index contributed by atoms with van der Waals surface area (Å²) in [4.78, 5) is 24.5. The van der Waals surface area contributed by atoms with Gasteiger partial charge in [-0.1, -0.05) is 0 Å². The number of phenolic OH excluding ortho intramolecular Hbond substituents is 1. The number of aliphatic imine (C=N–C) groups is 1. The number of hydrogen-bond acceptors (Lipinski definition) is 10. The van der Waals surface area contributed by atoms with Crippen LogP contribution in [0.5, 0.6) is 28.9 Å². The normalized spacial score (nSPS) is 13.0. The van der Waals surface area contributed by atoms with Gasteiger partial charge in [0.25, 0.3) is 5.88 Å². The Bertz CT molecular complexity index is 1560. The molecule has 4 N–H and O–H groups in total. The fourth-order valence-electron chi connectivity index (χ4n) is 4.16. The molecule has 0 unspecified atom stereocenters. The SMILES string of the molecule is CCOC(=O)C(C)(C)N(C)c1ccc(Oc2c(F)cnc(Oc3cc(C(=N)N)ccc3O)c2F)c(C2=NCCN2C)c1. The zero-order chi connectivity index (χ0) is 30.8. The average molecular weight is 583 g/mol. The second-order valence-electron chi connectivity index (χ2n) is 10.0. The van der Waals surface area contributed by atoms with Crippen molar-refractivity contribution in [3.63, 3.8) is 0 Å². The number of pyridine rings is 1. The highest BCUT2D eigenvalue weighted by Crippen LogP contribution is 2.39. The van der Waals surface area contributed by atoms with Crippen molar-refractivity contribution in [1.29, 1.82) is 5.41 Å². The zero-order valence-corrected chi connectivity index (χ0v) is 23.9. The van der Waals surface area contributed by atoms with Crippen LogP contribution in [-0.4, -0.2) is 72.0 Å². The molecule has 1 aliphatic heterocycles. The van der Waals surface area contributed by atoms with Gasteiger partial charge < -0.3 is 34.9 Å². The number of nitrogen functional groups attached to an aromatic ring is 1. The molecule has 0 radical (unpaired) electrons. The van der Waals surface area contributed by atoms with Crippen molar-refractivity contribution in [2.75, 3.05) is 38.7 Å². The molecular weight excluding hydrogens is 550 g/mol. The van der Waals surface area contributed by atoms with Crippen molar-refractivity contribution >= 4 is 23.3 Å². The smallest absolute Gasteiger partial charge is 0.331 e. The fourth-order valence-corrected chi connectivity index (χ4v) is 4.16. The van der Waals surface area contributed by atoms with Gasteiger partial charge in [-0.25, -0.2) is 14.2 Å². The number of hydrogen-bond donors (Lipinski definition) is 3. The van der Waals surface area contributed by atoms with Gasteiger partial charge in [-0.05, 0) is 57.2 Å². The number of benzene rings is 2. The summed E-state index contributed by atoms with van der Waals surface area (Å²) in [6.07, 6.45) is 0.725. The summed E-state index contributed by atoms with van der Waals surface area (Å²) in [6, 6.07) is 8.72. The molecule has 0 atom stereocenters. The van der Waals surface area contributed by atoms with Gasteiger partial charge in [0, 0.05) is 31.9 Å². The van der Waals surface area contributed by atoms with Crippen LogP contribution in [-0.2, 0) is 9.53 Å². The number of aromatic nitrogens is 1. The lowest BCUT2D eigenvalue weighted by Crippen LogP contribution is -2.49. The van der Waals surface area contributed by atoms with Crippen molar-refractivity contribution in [2.24, 2.45) is 10.7 Å². The number of aromatic hydroxyl groups is 1. The highest BCUT2D eigenvalue weighted by atomic mass is 19.1. The molecule has 222 valence electrons. The van der Waals surface area contributed by atoms with Crippen LogP contribution < -0.4 is 20.1 Å². The number of nitrogens with two attached hydrogens (primary N) is 1. The van der Waals surface area contributed by atoms with E-state index in [0.717, 1.165) is 6.20 Å². The summed E-state index contributed by atoms with van der Waals surface area (Å²) in [5, 5.41) is 17.7. The number of carbonyl (C=O) groups excluding carboxylic acids is 1. The minimum absolute atomic E-state index is 0.0879. The zero-order valence-electron chi connectivity index (χ0n) is 23.9. The molecule has 3 aromatic rings. The predicted molar refractivity (Wildman–Crippen MR) is 153 cm³/mol. The second kappa shape index (κ2) is 11.9. The number of amidine groups is 2. The van der Waals surface area contributed by atoms with E-state index < -0.39 is 34.8 Å². The Balaban J connectivity index is 1.74. The Hall–Kier alpha value is -4.94. The van der Waals surface area contributed by atoms with E-state index in [0.29, 0.717) is 30.2 Å². The van der Waals surface area contributed by atoms with Gasteiger partial charge in [-0.3, -0.25) is 10.4 Å². The van der Waals surface area contributed by atoms with Gasteiger partial charge in [0.1, 0.15) is 23.0 Å². The Morgan fingerprint density at radius 2 is 1.93 bits per heavy atom. The summed E-state index contributed by atoms with van der Waals surface area (Å²) in [5.74, 6) is -4.55. The lowest BCUT2D eigenvalue weighted by molar-refractivity contribution is -0.148. The standard InChI is InChI=1S/C29H32F2N6O5/c1-6-40-28(39)29(2,3)37(5)17-8-10-21(18(14-17)26-34-11-12-36(26)4)41-24-19(30)15-35-27(23(24)31)42-22-13-16(25(32)33)7-9-20(22)38/h7-10,13-15,38H,6,11-12H2,1-5H3,(H3,32,33). The molecule has 0 saturated heterocycles. The molecule has 13 heteroatoms. The average Bonchev–Trinajstić information content (AvgIpc) is 3.38. The van der Waals surface area contributed by atoms with E-state index in [2.05, 4.69) is 9.98 Å². The molecule has 0 amide bonds. The maximum atomic E-state index is 15.6. The first-order chi connectivity index (χ1) is 19.8. The third kappa shape index (κ3) is 5.90. The molecule has 2 heterocycles. The van der Waals surface area contributed by atoms with Gasteiger partial charge in [0.2, 0.25) is 11.6 Å². The number of rotatable bonds is 10. The first-order valence-electron chi connectivity index (χ1n) is 13.0. The monoisotopic (exact) mass is 582 g/mol. The van der Waals surface area contributed by atoms with Crippen LogP contribution >= 0.6 is 0 Å². The molecule has 11 nitrogen and oxygen atoms in total. The lowest BCUT2D eigenvalue weighted by atomic mass is 10.0. The molecular formula is C29H32F2N6O5. The van der Waals surface area contributed by atoms with Crippen molar-refractivity contribution in [3.05, 3.63) is 65.4 Å². The molecule has 4 rings (SSSR count). The van der Waals surface area contributed by atoms with Crippen LogP contribution in [0.4, 0.5) is 14.5 Å². The predicted octanol–water partition coefficient (Wildman–Crippen LogP) is 4.40. The maximum Gasteiger partial charge on any atom is 0.331 e. The van der Waals surface area contributed by atoms with E-state index >= 15 is 4.39 Å². The van der Waals surface area contributed by atoms with Gasteiger partial charge in [0.05, 0.1) is 24.9 Å². The van der Waals surface area contributed by atoms with Crippen LogP contribution in [0.3, 0.4) is 0 Å². The van der Waals surface area contributed by atoms with Crippen molar-refractivity contribution in [3.8, 4) is 28.9 Å². The summed E-state index contributed by atoms with van der Waals surface area (Å²) >= 11 is 0. The van der Waals surface area contributed by atoms with Crippen molar-refractivity contribution in [2.45, 2.75) is 26.3 Å². The van der Waals surface area contributed by atoms with E-state index in [9.17, 15) is 14.3 Å². The van der Waals surface area contributed by atoms with Crippen LogP contribution in [0.1, 0.15) is 31.9 Å². The largest absolute Gasteiger partial charge is 0.504 e. The number of phenols is 1. The Kier molecular flexibility index (Phi) is 8.50. The first-order valence-corrected chi connectivity index (χ1v) is 13.0. The number of halogens is 2. The second-order valence-corrected chi connectivity index (χ2v) is 10.0. The summed E-state index contributed by atoms with van der Waals surface area (Å²) < 4.78 is 47.0. The lowest BCUT2D eigenvalue weighted by Gasteiger charge is -2.35. The van der Waals surface area contributed by atoms with Gasteiger partial charge in [0.15, 0.2) is 17.3 Å². The third-order valence-electron chi connectivity index (χ3n) is 6.85. The highest BCUT2D eigenvalue weighted by molar-refractivity contribution is 6.03. The summed E-state index contributed by atoms with van der Waals surface area (Å²) in [6.45, 7) is 6.54. The Labute approximate surface area is 241 Å². The number of esters is 1. The van der Waals surface area contributed by atoms with E-state index in [1.165, 1.54) is 24.3 Å². The molecule has 1 aromatic heterocycles. The quantitative estimate of drug-likeness (QED) is 0.180. The highest BCUT2D eigenvalue weighted by Gasteiger charge is 2.35. The van der Waals surface area contributed by atoms with Crippen molar-refractivity contribution < 1.29 is 32.9 Å². The minimum Gasteiger partial charge on any atom is -0.504 e. The Morgan fingerprint density at radius 1 is 1.19 bits per heavy atom. The van der Waals surface area contributed by atoms with E-state index in [1.807, 2.05) is 11.9 Å². The van der Waals surface area contributed by atoms with E-state index in [4.69, 9.17) is 25.4 Å². The number of anilines is 1. The number of nitrogens with one attached hydrogen (secondary N) is 1. The van der Waals surface area contributed by atoms with E-state index in [-0.39, 0.29) is 35.3 Å². The molecule has 0 bridgehead atoms. The van der Waals surface area contributed by atoms with Gasteiger partial charge in [-0.2, -0.15) is 4.39 Å². The van der Waals surface area contributed by atoms with Gasteiger partial charge in [-0.15, -0.1) is 0 Å². The number of carbonyl (C=O) groups is 1. The number of nitrogens with zero attached hydrogens (tertiary/aromatic N) is 4.